The van der Waals surface area contributed by atoms with E-state index in [9.17, 15) is 4.79 Å². The van der Waals surface area contributed by atoms with Crippen molar-refractivity contribution in [2.24, 2.45) is 4.99 Å². The molecule has 0 radical (unpaired) electrons. The summed E-state index contributed by atoms with van der Waals surface area (Å²) in [5.41, 5.74) is 4.61. The molecule has 2 aliphatic rings. The van der Waals surface area contributed by atoms with Crippen molar-refractivity contribution in [3.05, 3.63) is 29.8 Å². The van der Waals surface area contributed by atoms with E-state index < -0.39 is 0 Å². The molecule has 0 saturated carbocycles. The Morgan fingerprint density at radius 2 is 2.36 bits per heavy atom. The van der Waals surface area contributed by atoms with E-state index in [1.165, 1.54) is 11.1 Å². The fourth-order valence-electron chi connectivity index (χ4n) is 3.06. The van der Waals surface area contributed by atoms with Gasteiger partial charge in [-0.15, -0.1) is 0 Å². The van der Waals surface area contributed by atoms with Crippen LogP contribution in [0.25, 0.3) is 5.57 Å². The molecule has 1 unspecified atom stereocenters. The van der Waals surface area contributed by atoms with E-state index in [4.69, 9.17) is 0 Å². The average Bonchev–Trinajstić information content (AvgIpc) is 3.01. The van der Waals surface area contributed by atoms with Crippen molar-refractivity contribution < 1.29 is 4.79 Å². The van der Waals surface area contributed by atoms with Gasteiger partial charge in [0.1, 0.15) is 0 Å². The molecular formula is C17H22N4O. The molecule has 3 rings (SSSR count). The summed E-state index contributed by atoms with van der Waals surface area (Å²) < 4.78 is 0. The lowest BCUT2D eigenvalue weighted by Gasteiger charge is -2.26. The maximum atomic E-state index is 11.8. The maximum Gasteiger partial charge on any atom is 0.223 e. The Bertz CT molecular complexity index is 628. The third-order valence-corrected chi connectivity index (χ3v) is 4.15. The van der Waals surface area contributed by atoms with Crippen LogP contribution in [-0.2, 0) is 4.79 Å². The molecule has 22 heavy (non-hydrogen) atoms. The van der Waals surface area contributed by atoms with E-state index in [-0.39, 0.29) is 11.9 Å². The zero-order chi connectivity index (χ0) is 15.5. The standard InChI is InChI=1S/C17H22N4O/c1-3-21(12(2)22)15-4-5-17-16(9-15)13(6-7-19-17)8-14-10-18-11-20-14/h4-5,8-9,11,14,19H,3,6-7,10H2,1-2H3,(H,18,20)/b13-8+. The van der Waals surface area contributed by atoms with Gasteiger partial charge in [0.25, 0.3) is 0 Å². The SMILES string of the molecule is CCN(C(C)=O)c1ccc2c(c1)/C(=C/C1CN=CN1)CCN2. The number of aliphatic imine (C=N–C) groups is 1. The number of carbonyl (C=O) groups excluding carboxylic acids is 1. The molecule has 1 amide bonds. The molecule has 0 fully saturated rings. The molecule has 1 atom stereocenters. The van der Waals surface area contributed by atoms with Gasteiger partial charge in [0, 0.05) is 37.0 Å². The van der Waals surface area contributed by atoms with E-state index in [0.29, 0.717) is 6.54 Å². The topological polar surface area (TPSA) is 56.7 Å². The number of hydrogen-bond acceptors (Lipinski definition) is 4. The van der Waals surface area contributed by atoms with E-state index in [0.717, 1.165) is 30.9 Å². The first kappa shape index (κ1) is 14.6. The first-order valence-electron chi connectivity index (χ1n) is 7.80. The van der Waals surface area contributed by atoms with Crippen molar-refractivity contribution in [3.63, 3.8) is 0 Å². The van der Waals surface area contributed by atoms with Crippen LogP contribution < -0.4 is 15.5 Å². The molecule has 2 N–H and O–H groups in total. The molecular weight excluding hydrogens is 276 g/mol. The molecule has 5 heteroatoms. The maximum absolute atomic E-state index is 11.8. The highest BCUT2D eigenvalue weighted by Crippen LogP contribution is 2.34. The van der Waals surface area contributed by atoms with Gasteiger partial charge < -0.3 is 15.5 Å². The van der Waals surface area contributed by atoms with Crippen molar-refractivity contribution >= 4 is 29.2 Å². The highest BCUT2D eigenvalue weighted by molar-refractivity contribution is 5.93. The largest absolute Gasteiger partial charge is 0.384 e. The summed E-state index contributed by atoms with van der Waals surface area (Å²) in [6, 6.07) is 6.48. The molecule has 0 aliphatic carbocycles. The van der Waals surface area contributed by atoms with Crippen LogP contribution in [-0.4, -0.2) is 37.9 Å². The number of carbonyl (C=O) groups is 1. The molecule has 116 valence electrons. The summed E-state index contributed by atoms with van der Waals surface area (Å²) in [7, 11) is 0. The Labute approximate surface area is 131 Å². The second kappa shape index (κ2) is 6.22. The molecule has 2 aliphatic heterocycles. The smallest absolute Gasteiger partial charge is 0.223 e. The molecule has 2 heterocycles. The highest BCUT2D eigenvalue weighted by Gasteiger charge is 2.19. The predicted octanol–water partition coefficient (Wildman–Crippen LogP) is 2.26. The van der Waals surface area contributed by atoms with E-state index in [2.05, 4.69) is 33.8 Å². The Kier molecular flexibility index (Phi) is 4.13. The first-order chi connectivity index (χ1) is 10.7. The minimum atomic E-state index is 0.0719. The van der Waals surface area contributed by atoms with Crippen LogP contribution in [0, 0.1) is 0 Å². The second-order valence-electron chi connectivity index (χ2n) is 5.63. The fraction of sp³-hybridized carbons (Fsp3) is 0.412. The van der Waals surface area contributed by atoms with Crippen LogP contribution in [0.3, 0.4) is 0 Å². The molecule has 0 aromatic heterocycles. The van der Waals surface area contributed by atoms with E-state index in [1.807, 2.05) is 13.0 Å². The number of benzene rings is 1. The third kappa shape index (κ3) is 2.84. The normalized spacial score (nSPS) is 21.2. The van der Waals surface area contributed by atoms with E-state index in [1.54, 1.807) is 18.2 Å². The van der Waals surface area contributed by atoms with Crippen molar-refractivity contribution in [3.8, 4) is 0 Å². The number of hydrogen-bond donors (Lipinski definition) is 2. The third-order valence-electron chi connectivity index (χ3n) is 4.15. The van der Waals surface area contributed by atoms with Gasteiger partial charge >= 0.3 is 0 Å². The Balaban J connectivity index is 1.95. The van der Waals surface area contributed by atoms with Gasteiger partial charge in [-0.3, -0.25) is 9.79 Å². The molecule has 1 aromatic carbocycles. The van der Waals surface area contributed by atoms with Crippen LogP contribution in [0.2, 0.25) is 0 Å². The van der Waals surface area contributed by atoms with Crippen molar-refractivity contribution in [1.29, 1.82) is 0 Å². The van der Waals surface area contributed by atoms with Gasteiger partial charge in [-0.25, -0.2) is 0 Å². The minimum Gasteiger partial charge on any atom is -0.384 e. The van der Waals surface area contributed by atoms with Gasteiger partial charge in [-0.05, 0) is 37.1 Å². The molecule has 0 bridgehead atoms. The Hall–Kier alpha value is -2.30. The molecule has 5 nitrogen and oxygen atoms in total. The van der Waals surface area contributed by atoms with E-state index >= 15 is 0 Å². The lowest BCUT2D eigenvalue weighted by atomic mass is 9.94. The lowest BCUT2D eigenvalue weighted by molar-refractivity contribution is -0.116. The number of rotatable bonds is 3. The number of amides is 1. The Morgan fingerprint density at radius 1 is 1.50 bits per heavy atom. The van der Waals surface area contributed by atoms with Crippen molar-refractivity contribution in [2.45, 2.75) is 26.3 Å². The first-order valence-corrected chi connectivity index (χ1v) is 7.80. The summed E-state index contributed by atoms with van der Waals surface area (Å²) in [5.74, 6) is 0.0719. The zero-order valence-corrected chi connectivity index (χ0v) is 13.1. The zero-order valence-electron chi connectivity index (χ0n) is 13.1. The number of fused-ring (bicyclic) bond motifs is 1. The van der Waals surface area contributed by atoms with Crippen LogP contribution in [0.15, 0.2) is 29.3 Å². The average molecular weight is 298 g/mol. The second-order valence-corrected chi connectivity index (χ2v) is 5.63. The molecule has 1 aromatic rings. The summed E-state index contributed by atoms with van der Waals surface area (Å²) in [4.78, 5) is 17.8. The molecule has 0 spiro atoms. The van der Waals surface area contributed by atoms with Crippen molar-refractivity contribution in [2.75, 3.05) is 29.9 Å². The monoisotopic (exact) mass is 298 g/mol. The quantitative estimate of drug-likeness (QED) is 0.900. The van der Waals surface area contributed by atoms with Gasteiger partial charge in [0.2, 0.25) is 5.91 Å². The van der Waals surface area contributed by atoms with Crippen LogP contribution >= 0.6 is 0 Å². The van der Waals surface area contributed by atoms with Gasteiger partial charge in [0.15, 0.2) is 0 Å². The van der Waals surface area contributed by atoms with Gasteiger partial charge in [0.05, 0.1) is 18.9 Å². The summed E-state index contributed by atoms with van der Waals surface area (Å²) in [6.07, 6.45) is 5.02. The highest BCUT2D eigenvalue weighted by atomic mass is 16.2. The Morgan fingerprint density at radius 3 is 3.05 bits per heavy atom. The van der Waals surface area contributed by atoms with Gasteiger partial charge in [-0.2, -0.15) is 0 Å². The minimum absolute atomic E-state index is 0.0719. The fourth-order valence-corrected chi connectivity index (χ4v) is 3.06. The molecule has 0 saturated heterocycles. The van der Waals surface area contributed by atoms with Crippen molar-refractivity contribution in [1.82, 2.24) is 5.32 Å². The predicted molar refractivity (Wildman–Crippen MR) is 91.5 cm³/mol. The number of nitrogens with one attached hydrogen (secondary N) is 2. The number of anilines is 2. The summed E-state index contributed by atoms with van der Waals surface area (Å²) in [5, 5.41) is 6.68. The number of nitrogens with zero attached hydrogens (tertiary/aromatic N) is 2. The lowest BCUT2D eigenvalue weighted by Crippen LogP contribution is -2.28. The van der Waals surface area contributed by atoms with Crippen LogP contribution in [0.1, 0.15) is 25.8 Å². The van der Waals surface area contributed by atoms with Gasteiger partial charge in [-0.1, -0.05) is 6.08 Å². The summed E-state index contributed by atoms with van der Waals surface area (Å²) in [6.45, 7) is 6.02. The summed E-state index contributed by atoms with van der Waals surface area (Å²) >= 11 is 0. The van der Waals surface area contributed by atoms with Crippen LogP contribution in [0.4, 0.5) is 11.4 Å². The van der Waals surface area contributed by atoms with Crippen LogP contribution in [0.5, 0.6) is 0 Å².